The Morgan fingerprint density at radius 1 is 1.33 bits per heavy atom. The highest BCUT2D eigenvalue weighted by Gasteiger charge is 2.09. The summed E-state index contributed by atoms with van der Waals surface area (Å²) in [7, 11) is 0. The highest BCUT2D eigenvalue weighted by Crippen LogP contribution is 2.19. The van der Waals surface area contributed by atoms with Crippen molar-refractivity contribution in [2.75, 3.05) is 0 Å². The van der Waals surface area contributed by atoms with Gasteiger partial charge < -0.3 is 5.11 Å². The van der Waals surface area contributed by atoms with E-state index in [1.807, 2.05) is 35.6 Å². The van der Waals surface area contributed by atoms with Crippen molar-refractivity contribution in [2.45, 2.75) is 6.92 Å². The molecule has 0 aromatic heterocycles. The second-order valence-corrected chi connectivity index (χ2v) is 5.96. The molecular weight excluding hydrogens is 403 g/mol. The van der Waals surface area contributed by atoms with Gasteiger partial charge in [-0.25, -0.2) is 5.43 Å². The number of amides is 1. The number of nitrogens with zero attached hydrogens (tertiary/aromatic N) is 1. The molecule has 21 heavy (non-hydrogen) atoms. The molecule has 4 nitrogen and oxygen atoms in total. The Morgan fingerprint density at radius 2 is 2.10 bits per heavy atom. The third-order valence-corrected chi connectivity index (χ3v) is 3.90. The Kier molecular flexibility index (Phi) is 5.19. The number of phenolic OH excluding ortho intramolecular Hbond substituents is 1. The molecule has 0 aliphatic heterocycles. The van der Waals surface area contributed by atoms with E-state index >= 15 is 0 Å². The molecule has 108 valence electrons. The van der Waals surface area contributed by atoms with E-state index in [9.17, 15) is 9.90 Å². The molecule has 0 aliphatic carbocycles. The number of carbonyl (C=O) groups is 1. The van der Waals surface area contributed by atoms with Crippen molar-refractivity contribution in [3.63, 3.8) is 0 Å². The fourth-order valence-electron chi connectivity index (χ4n) is 1.63. The molecule has 2 N–H and O–H groups in total. The van der Waals surface area contributed by atoms with Crippen LogP contribution in [0.25, 0.3) is 0 Å². The molecule has 0 fully saturated rings. The van der Waals surface area contributed by atoms with Crippen molar-refractivity contribution < 1.29 is 9.90 Å². The summed E-state index contributed by atoms with van der Waals surface area (Å²) in [6, 6.07) is 10.2. The van der Waals surface area contributed by atoms with Crippen LogP contribution in [0.4, 0.5) is 0 Å². The summed E-state index contributed by atoms with van der Waals surface area (Å²) < 4.78 is 0.712. The van der Waals surface area contributed by atoms with Gasteiger partial charge in [0.25, 0.3) is 5.91 Å². The first kappa shape index (κ1) is 15.8. The van der Waals surface area contributed by atoms with Crippen molar-refractivity contribution in [2.24, 2.45) is 5.10 Å². The van der Waals surface area contributed by atoms with E-state index in [0.717, 1.165) is 11.1 Å². The molecule has 0 atom stereocenters. The Labute approximate surface area is 141 Å². The first-order chi connectivity index (χ1) is 9.97. The van der Waals surface area contributed by atoms with Crippen LogP contribution in [-0.4, -0.2) is 17.2 Å². The van der Waals surface area contributed by atoms with Crippen molar-refractivity contribution in [1.82, 2.24) is 5.43 Å². The summed E-state index contributed by atoms with van der Waals surface area (Å²) in [5.74, 6) is -0.159. The summed E-state index contributed by atoms with van der Waals surface area (Å²) >= 11 is 8.03. The third kappa shape index (κ3) is 4.18. The summed E-state index contributed by atoms with van der Waals surface area (Å²) in [6.07, 6.45) is 1.50. The van der Waals surface area contributed by atoms with E-state index in [-0.39, 0.29) is 11.7 Å². The van der Waals surface area contributed by atoms with E-state index < -0.39 is 0 Å². The number of hydrazone groups is 1. The van der Waals surface area contributed by atoms with Gasteiger partial charge >= 0.3 is 0 Å². The zero-order valence-electron chi connectivity index (χ0n) is 11.1. The topological polar surface area (TPSA) is 61.7 Å². The van der Waals surface area contributed by atoms with Gasteiger partial charge in [0, 0.05) is 0 Å². The number of rotatable bonds is 3. The van der Waals surface area contributed by atoms with Gasteiger partial charge in [-0.2, -0.15) is 5.10 Å². The Balaban J connectivity index is 2.06. The Bertz CT molecular complexity index is 717. The lowest BCUT2D eigenvalue weighted by Gasteiger charge is -2.03. The quantitative estimate of drug-likeness (QED) is 0.457. The molecule has 2 aromatic carbocycles. The molecule has 0 radical (unpaired) electrons. The molecule has 0 aliphatic rings. The van der Waals surface area contributed by atoms with E-state index in [0.29, 0.717) is 14.2 Å². The molecule has 0 bridgehead atoms. The highest BCUT2D eigenvalue weighted by atomic mass is 127. The Hall–Kier alpha value is -1.60. The van der Waals surface area contributed by atoms with Crippen LogP contribution in [0.15, 0.2) is 41.5 Å². The molecular formula is C15H12ClIN2O2. The van der Waals surface area contributed by atoms with Gasteiger partial charge in [-0.05, 0) is 71.0 Å². The maximum absolute atomic E-state index is 11.9. The van der Waals surface area contributed by atoms with Crippen LogP contribution in [0.2, 0.25) is 5.02 Å². The molecule has 0 saturated heterocycles. The van der Waals surface area contributed by atoms with Gasteiger partial charge in [0.1, 0.15) is 5.75 Å². The summed E-state index contributed by atoms with van der Waals surface area (Å²) in [5.41, 5.74) is 4.55. The fraction of sp³-hybridized carbons (Fsp3) is 0.0667. The van der Waals surface area contributed by atoms with Gasteiger partial charge in [-0.1, -0.05) is 17.7 Å². The van der Waals surface area contributed by atoms with Gasteiger partial charge in [-0.3, -0.25) is 4.79 Å². The molecule has 2 aromatic rings. The van der Waals surface area contributed by atoms with Crippen LogP contribution in [-0.2, 0) is 0 Å². The van der Waals surface area contributed by atoms with E-state index in [1.54, 1.807) is 30.3 Å². The minimum atomic E-state index is -0.371. The van der Waals surface area contributed by atoms with Crippen LogP contribution in [0.3, 0.4) is 0 Å². The molecule has 0 saturated carbocycles. The molecule has 6 heteroatoms. The zero-order chi connectivity index (χ0) is 15.4. The number of halogens is 2. The zero-order valence-corrected chi connectivity index (χ0v) is 14.0. The van der Waals surface area contributed by atoms with Crippen molar-refractivity contribution >= 4 is 46.3 Å². The predicted molar refractivity (Wildman–Crippen MR) is 92.1 cm³/mol. The minimum absolute atomic E-state index is 0.211. The van der Waals surface area contributed by atoms with Crippen LogP contribution < -0.4 is 5.43 Å². The largest absolute Gasteiger partial charge is 0.507 e. The molecule has 1 amide bonds. The van der Waals surface area contributed by atoms with Crippen LogP contribution in [0, 0.1) is 10.5 Å². The monoisotopic (exact) mass is 414 g/mol. The van der Waals surface area contributed by atoms with Gasteiger partial charge in [0.2, 0.25) is 0 Å². The number of nitrogens with one attached hydrogen (secondary N) is 1. The summed E-state index contributed by atoms with van der Waals surface area (Å²) in [6.45, 7) is 1.90. The number of hydrogen-bond donors (Lipinski definition) is 2. The number of carbonyl (C=O) groups excluding carboxylic acids is 1. The van der Waals surface area contributed by atoms with Crippen LogP contribution in [0.1, 0.15) is 21.5 Å². The second kappa shape index (κ2) is 6.91. The summed E-state index contributed by atoms with van der Waals surface area (Å²) in [4.78, 5) is 11.9. The van der Waals surface area contributed by atoms with Crippen molar-refractivity contribution in [3.8, 4) is 5.75 Å². The van der Waals surface area contributed by atoms with Crippen molar-refractivity contribution in [1.29, 1.82) is 0 Å². The first-order valence-electron chi connectivity index (χ1n) is 6.05. The normalized spacial score (nSPS) is 10.8. The lowest BCUT2D eigenvalue weighted by molar-refractivity contribution is 0.0955. The smallest absolute Gasteiger partial charge is 0.272 e. The third-order valence-electron chi connectivity index (χ3n) is 2.72. The van der Waals surface area contributed by atoms with Gasteiger partial charge in [-0.15, -0.1) is 0 Å². The second-order valence-electron chi connectivity index (χ2n) is 4.39. The van der Waals surface area contributed by atoms with Gasteiger partial charge in [0.15, 0.2) is 0 Å². The lowest BCUT2D eigenvalue weighted by atomic mass is 10.1. The molecule has 2 rings (SSSR count). The van der Waals surface area contributed by atoms with E-state index in [1.165, 1.54) is 6.21 Å². The molecule has 0 heterocycles. The number of aryl methyl sites for hydroxylation is 1. The number of phenols is 1. The molecule has 0 spiro atoms. The maximum atomic E-state index is 11.9. The average Bonchev–Trinajstić information content (AvgIpc) is 2.42. The van der Waals surface area contributed by atoms with E-state index in [2.05, 4.69) is 10.5 Å². The highest BCUT2D eigenvalue weighted by molar-refractivity contribution is 14.1. The number of hydrogen-bond acceptors (Lipinski definition) is 3. The average molecular weight is 415 g/mol. The minimum Gasteiger partial charge on any atom is -0.507 e. The SMILES string of the molecule is Cc1ccc(C(=O)N/N=C\c2ccc(O)c(I)c2)c(Cl)c1. The maximum Gasteiger partial charge on any atom is 0.272 e. The van der Waals surface area contributed by atoms with Crippen LogP contribution >= 0.6 is 34.2 Å². The predicted octanol–water partition coefficient (Wildman–Crippen LogP) is 3.72. The Morgan fingerprint density at radius 3 is 2.76 bits per heavy atom. The summed E-state index contributed by atoms with van der Waals surface area (Å²) in [5, 5.41) is 13.7. The fourth-order valence-corrected chi connectivity index (χ4v) is 2.49. The van der Waals surface area contributed by atoms with Crippen molar-refractivity contribution in [3.05, 3.63) is 61.7 Å². The number of benzene rings is 2. The van der Waals surface area contributed by atoms with E-state index in [4.69, 9.17) is 11.6 Å². The number of aromatic hydroxyl groups is 1. The first-order valence-corrected chi connectivity index (χ1v) is 7.51. The molecule has 0 unspecified atom stereocenters. The van der Waals surface area contributed by atoms with Gasteiger partial charge in [0.05, 0.1) is 20.4 Å². The van der Waals surface area contributed by atoms with Crippen LogP contribution in [0.5, 0.6) is 5.75 Å². The lowest BCUT2D eigenvalue weighted by Crippen LogP contribution is -2.18. The standard InChI is InChI=1S/C15H12ClIN2O2/c1-9-2-4-11(12(16)6-9)15(21)19-18-8-10-3-5-14(20)13(17)7-10/h2-8,20H,1H3,(H,19,21)/b18-8-.